The molecule has 0 radical (unpaired) electrons. The van der Waals surface area contributed by atoms with Gasteiger partial charge in [-0.15, -0.1) is 0 Å². The fourth-order valence-electron chi connectivity index (χ4n) is 3.62. The number of nitrogens with one attached hydrogen (secondary N) is 2. The van der Waals surface area contributed by atoms with E-state index in [1.807, 2.05) is 12.2 Å². The summed E-state index contributed by atoms with van der Waals surface area (Å²) in [4.78, 5) is 62.3. The third-order valence-electron chi connectivity index (χ3n) is 5.19. The SMILES string of the molecule is CNC(=O)NC(=O)[C@H](OC(=O)CCN1C(=O)[C@H]2CC=CC[C@@H]2C1=O)c1ccccc1. The van der Waals surface area contributed by atoms with E-state index in [9.17, 15) is 24.0 Å². The summed E-state index contributed by atoms with van der Waals surface area (Å²) in [5.74, 6) is -2.86. The van der Waals surface area contributed by atoms with Gasteiger partial charge in [-0.2, -0.15) is 0 Å². The molecule has 1 aliphatic heterocycles. The van der Waals surface area contributed by atoms with Crippen LogP contribution < -0.4 is 10.6 Å². The van der Waals surface area contributed by atoms with Gasteiger partial charge >= 0.3 is 12.0 Å². The third-order valence-corrected chi connectivity index (χ3v) is 5.19. The molecule has 1 fully saturated rings. The average molecular weight is 413 g/mol. The summed E-state index contributed by atoms with van der Waals surface area (Å²) < 4.78 is 5.30. The minimum atomic E-state index is -1.34. The van der Waals surface area contributed by atoms with Crippen LogP contribution in [0, 0.1) is 11.8 Å². The van der Waals surface area contributed by atoms with E-state index in [2.05, 4.69) is 10.6 Å². The molecule has 9 heteroatoms. The lowest BCUT2D eigenvalue weighted by Crippen LogP contribution is -2.41. The number of ether oxygens (including phenoxy) is 1. The van der Waals surface area contributed by atoms with E-state index >= 15 is 0 Å². The van der Waals surface area contributed by atoms with Gasteiger partial charge in [-0.25, -0.2) is 4.79 Å². The Kier molecular flexibility index (Phi) is 6.61. The van der Waals surface area contributed by atoms with Crippen molar-refractivity contribution in [3.05, 3.63) is 48.0 Å². The Morgan fingerprint density at radius 1 is 1.07 bits per heavy atom. The van der Waals surface area contributed by atoms with E-state index in [0.29, 0.717) is 18.4 Å². The number of imide groups is 2. The summed E-state index contributed by atoms with van der Waals surface area (Å²) in [6.07, 6.45) is 3.23. The standard InChI is InChI=1S/C21H23N3O6/c1-22-21(29)23-18(26)17(13-7-3-2-4-8-13)30-16(25)11-12-24-19(27)14-9-5-6-10-15(14)20(24)28/h2-8,14-15,17H,9-12H2,1H3,(H2,22,23,26,29)/t14-,15-,17+/m0/s1. The highest BCUT2D eigenvalue weighted by atomic mass is 16.5. The predicted octanol–water partition coefficient (Wildman–Crippen LogP) is 1.07. The molecule has 2 aliphatic rings. The maximum absolute atomic E-state index is 12.5. The smallest absolute Gasteiger partial charge is 0.321 e. The molecule has 1 aromatic rings. The number of likely N-dealkylation sites (tertiary alicyclic amines) is 1. The first-order chi connectivity index (χ1) is 14.4. The van der Waals surface area contributed by atoms with Gasteiger partial charge in [0.05, 0.1) is 18.3 Å². The molecule has 0 spiro atoms. The van der Waals surface area contributed by atoms with E-state index in [0.717, 1.165) is 4.90 Å². The lowest BCUT2D eigenvalue weighted by molar-refractivity contribution is -0.157. The van der Waals surface area contributed by atoms with Gasteiger partial charge in [0.1, 0.15) is 0 Å². The lowest BCUT2D eigenvalue weighted by atomic mass is 9.85. The Morgan fingerprint density at radius 3 is 2.23 bits per heavy atom. The monoisotopic (exact) mass is 413 g/mol. The first-order valence-electron chi connectivity index (χ1n) is 9.69. The number of allylic oxidation sites excluding steroid dienone is 2. The quantitative estimate of drug-likeness (QED) is 0.409. The Labute approximate surface area is 173 Å². The molecular weight excluding hydrogens is 390 g/mol. The topological polar surface area (TPSA) is 122 Å². The molecule has 158 valence electrons. The molecule has 2 N–H and O–H groups in total. The van der Waals surface area contributed by atoms with Crippen molar-refractivity contribution < 1.29 is 28.7 Å². The van der Waals surface area contributed by atoms with Crippen LogP contribution in [0.15, 0.2) is 42.5 Å². The molecule has 1 heterocycles. The first kappa shape index (κ1) is 21.2. The second kappa shape index (κ2) is 9.34. The third kappa shape index (κ3) is 4.56. The zero-order chi connectivity index (χ0) is 21.7. The second-order valence-electron chi connectivity index (χ2n) is 7.08. The number of nitrogens with zero attached hydrogens (tertiary/aromatic N) is 1. The highest BCUT2D eigenvalue weighted by Crippen LogP contribution is 2.35. The number of esters is 1. The fraction of sp³-hybridized carbons (Fsp3) is 0.381. The molecule has 0 bridgehead atoms. The first-order valence-corrected chi connectivity index (χ1v) is 9.69. The van der Waals surface area contributed by atoms with Crippen LogP contribution >= 0.6 is 0 Å². The summed E-state index contributed by atoms with van der Waals surface area (Å²) in [7, 11) is 1.35. The zero-order valence-electron chi connectivity index (χ0n) is 16.5. The van der Waals surface area contributed by atoms with Gasteiger partial charge < -0.3 is 10.1 Å². The van der Waals surface area contributed by atoms with Gasteiger partial charge in [0.15, 0.2) is 0 Å². The van der Waals surface area contributed by atoms with Crippen LogP contribution in [-0.2, 0) is 23.9 Å². The van der Waals surface area contributed by atoms with Crippen molar-refractivity contribution in [2.45, 2.75) is 25.4 Å². The number of fused-ring (bicyclic) bond motifs is 1. The summed E-state index contributed by atoms with van der Waals surface area (Å²) >= 11 is 0. The minimum Gasteiger partial charge on any atom is -0.447 e. The van der Waals surface area contributed by atoms with Crippen LogP contribution in [0.2, 0.25) is 0 Å². The summed E-state index contributed by atoms with van der Waals surface area (Å²) in [5.41, 5.74) is 0.387. The number of hydrogen-bond donors (Lipinski definition) is 2. The van der Waals surface area contributed by atoms with Crippen molar-refractivity contribution in [3.8, 4) is 0 Å². The van der Waals surface area contributed by atoms with Gasteiger partial charge in [-0.05, 0) is 12.8 Å². The Hall–Kier alpha value is -3.49. The Balaban J connectivity index is 1.63. The van der Waals surface area contributed by atoms with Gasteiger partial charge in [0, 0.05) is 19.2 Å². The number of carbonyl (C=O) groups excluding carboxylic acids is 5. The molecule has 0 unspecified atom stereocenters. The van der Waals surface area contributed by atoms with Crippen LogP contribution in [0.5, 0.6) is 0 Å². The number of carbonyl (C=O) groups is 5. The maximum atomic E-state index is 12.5. The van der Waals surface area contributed by atoms with E-state index in [4.69, 9.17) is 4.74 Å². The molecule has 3 rings (SSSR count). The highest BCUT2D eigenvalue weighted by molar-refractivity contribution is 6.05. The van der Waals surface area contributed by atoms with Crippen molar-refractivity contribution in [1.29, 1.82) is 0 Å². The molecule has 9 nitrogen and oxygen atoms in total. The van der Waals surface area contributed by atoms with Crippen LogP contribution in [-0.4, -0.2) is 48.2 Å². The average Bonchev–Trinajstić information content (AvgIpc) is 3.01. The zero-order valence-corrected chi connectivity index (χ0v) is 16.5. The van der Waals surface area contributed by atoms with Crippen LogP contribution in [0.1, 0.15) is 30.9 Å². The summed E-state index contributed by atoms with van der Waals surface area (Å²) in [6.45, 7) is -0.109. The highest BCUT2D eigenvalue weighted by Gasteiger charge is 2.47. The normalized spacial score (nSPS) is 21.0. The summed E-state index contributed by atoms with van der Waals surface area (Å²) in [5, 5.41) is 4.34. The van der Waals surface area contributed by atoms with E-state index in [-0.39, 0.29) is 36.6 Å². The predicted molar refractivity (Wildman–Crippen MR) is 105 cm³/mol. The van der Waals surface area contributed by atoms with Crippen molar-refractivity contribution in [3.63, 3.8) is 0 Å². The number of hydrogen-bond acceptors (Lipinski definition) is 6. The van der Waals surface area contributed by atoms with Crippen molar-refractivity contribution in [2.24, 2.45) is 11.8 Å². The molecule has 0 aromatic heterocycles. The Morgan fingerprint density at radius 2 is 1.67 bits per heavy atom. The van der Waals surface area contributed by atoms with Crippen molar-refractivity contribution in [2.75, 3.05) is 13.6 Å². The van der Waals surface area contributed by atoms with Crippen LogP contribution in [0.25, 0.3) is 0 Å². The minimum absolute atomic E-state index is 0.109. The molecular formula is C21H23N3O6. The molecule has 5 amide bonds. The Bertz CT molecular complexity index is 856. The molecule has 1 saturated heterocycles. The van der Waals surface area contributed by atoms with E-state index < -0.39 is 24.0 Å². The van der Waals surface area contributed by atoms with Gasteiger partial charge in [-0.1, -0.05) is 42.5 Å². The molecule has 0 saturated carbocycles. The lowest BCUT2D eigenvalue weighted by Gasteiger charge is -2.19. The van der Waals surface area contributed by atoms with E-state index in [1.54, 1.807) is 30.3 Å². The van der Waals surface area contributed by atoms with Crippen molar-refractivity contribution in [1.82, 2.24) is 15.5 Å². The number of benzene rings is 1. The van der Waals surface area contributed by atoms with E-state index in [1.165, 1.54) is 7.05 Å². The molecule has 1 aromatic carbocycles. The van der Waals surface area contributed by atoms with Crippen molar-refractivity contribution >= 4 is 29.7 Å². The van der Waals surface area contributed by atoms with Gasteiger partial charge in [0.2, 0.25) is 17.9 Å². The molecule has 3 atom stereocenters. The molecule has 1 aliphatic carbocycles. The van der Waals surface area contributed by atoms with Crippen LogP contribution in [0.3, 0.4) is 0 Å². The van der Waals surface area contributed by atoms with Crippen LogP contribution in [0.4, 0.5) is 4.79 Å². The number of amides is 5. The number of urea groups is 1. The summed E-state index contributed by atoms with van der Waals surface area (Å²) in [6, 6.07) is 7.51. The maximum Gasteiger partial charge on any atom is 0.321 e. The largest absolute Gasteiger partial charge is 0.447 e. The fourth-order valence-corrected chi connectivity index (χ4v) is 3.62. The second-order valence-corrected chi connectivity index (χ2v) is 7.08. The van der Waals surface area contributed by atoms with Gasteiger partial charge in [0.25, 0.3) is 5.91 Å². The number of rotatable bonds is 6. The molecule has 30 heavy (non-hydrogen) atoms. The van der Waals surface area contributed by atoms with Gasteiger partial charge in [-0.3, -0.25) is 29.4 Å².